The van der Waals surface area contributed by atoms with Gasteiger partial charge in [-0.25, -0.2) is 0 Å². The monoisotopic (exact) mass is 146 g/mol. The van der Waals surface area contributed by atoms with Crippen LogP contribution in [0.15, 0.2) is 0 Å². The molecule has 0 saturated carbocycles. The summed E-state index contributed by atoms with van der Waals surface area (Å²) < 4.78 is 1.25. The molecule has 64 valence electrons. The summed E-state index contributed by atoms with van der Waals surface area (Å²) in [4.78, 5) is 0. The van der Waals surface area contributed by atoms with E-state index in [1.54, 1.807) is 0 Å². The van der Waals surface area contributed by atoms with Gasteiger partial charge >= 0.3 is 0 Å². The van der Waals surface area contributed by atoms with Gasteiger partial charge in [-0.3, -0.25) is 0 Å². The fourth-order valence-electron chi connectivity index (χ4n) is 1.19. The van der Waals surface area contributed by atoms with Crippen molar-refractivity contribution in [3.63, 3.8) is 0 Å². The number of hydrogen-bond acceptors (Lipinski definition) is 1. The quantitative estimate of drug-likeness (QED) is 0.323. The lowest BCUT2D eigenvalue weighted by Gasteiger charge is -2.21. The van der Waals surface area contributed by atoms with Gasteiger partial charge in [0.1, 0.15) is 0 Å². The molecule has 1 heterocycles. The van der Waals surface area contributed by atoms with Crippen molar-refractivity contribution < 1.29 is 4.48 Å². The summed E-state index contributed by atoms with van der Waals surface area (Å²) in [5, 5.41) is 0. The lowest BCUT2D eigenvalue weighted by Crippen LogP contribution is -2.35. The highest BCUT2D eigenvalue weighted by atomic mass is 15.3. The molecule has 0 radical (unpaired) electrons. The predicted octanol–water partition coefficient (Wildman–Crippen LogP) is -1.62. The molecule has 2 nitrogen and oxygen atoms in total. The Balaban J connectivity index is -0.000000163. The average Bonchev–Trinajstić information content (AvgIpc) is 1.84. The van der Waals surface area contributed by atoms with Crippen molar-refractivity contribution in [2.75, 3.05) is 27.2 Å². The molecule has 0 aromatic heterocycles. The zero-order valence-electron chi connectivity index (χ0n) is 5.98. The van der Waals surface area contributed by atoms with Crippen LogP contribution in [0.2, 0.25) is 0 Å². The number of quaternary nitrogens is 1. The van der Waals surface area contributed by atoms with Crippen molar-refractivity contribution in [2.24, 2.45) is 0 Å². The molecular weight excluding hydrogens is 122 g/mol. The first kappa shape index (κ1) is 16.6. The van der Waals surface area contributed by atoms with Crippen molar-refractivity contribution >= 4 is 16.8 Å². The Bertz CT molecular complexity index is 68.1. The predicted molar refractivity (Wildman–Crippen MR) is 57.4 cm³/mol. The van der Waals surface area contributed by atoms with Crippen molar-refractivity contribution in [2.45, 2.75) is 12.8 Å². The van der Waals surface area contributed by atoms with E-state index in [0.29, 0.717) is 0 Å². The maximum absolute atomic E-state index is 2.30. The van der Waals surface area contributed by atoms with Crippen molar-refractivity contribution in [3.8, 4) is 0 Å². The Morgan fingerprint density at radius 3 is 1.40 bits per heavy atom. The summed E-state index contributed by atoms with van der Waals surface area (Å²) >= 11 is 0. The zero-order valence-corrected chi connectivity index (χ0v) is 5.98. The molecule has 1 fully saturated rings. The topological polar surface area (TPSA) is 35.0 Å². The number of rotatable bonds is 0. The first-order chi connectivity index (χ1) is 3.21. The van der Waals surface area contributed by atoms with Gasteiger partial charge in [0.25, 0.3) is 0 Å². The molecule has 0 unspecified atom stereocenters. The lowest BCUT2D eigenvalue weighted by atomic mass is 10.4. The van der Waals surface area contributed by atoms with Crippen LogP contribution >= 0.6 is 0 Å². The normalized spacial score (nSPS) is 19.8. The average molecular weight is 146 g/mol. The van der Waals surface area contributed by atoms with Crippen LogP contribution < -0.4 is 6.15 Å². The highest BCUT2D eigenvalue weighted by Crippen LogP contribution is 2.11. The molecule has 10 heavy (non-hydrogen) atoms. The van der Waals surface area contributed by atoms with Crippen molar-refractivity contribution in [3.05, 3.63) is 0 Å². The minimum Gasteiger partial charge on any atom is -0.344 e. The van der Waals surface area contributed by atoms with E-state index in [4.69, 9.17) is 0 Å². The third-order valence-electron chi connectivity index (χ3n) is 1.78. The first-order valence-corrected chi connectivity index (χ1v) is 3.03. The molecule has 0 aromatic carbocycles. The van der Waals surface area contributed by atoms with E-state index in [2.05, 4.69) is 14.1 Å². The van der Waals surface area contributed by atoms with Crippen LogP contribution in [0.5, 0.6) is 0 Å². The van der Waals surface area contributed by atoms with E-state index in [0.717, 1.165) is 0 Å². The standard InChI is InChI=1S/C6H14N.BH4.BH3.H3N/c1-7(2)5-3-4-6-7;;;/h3-6H2,1-2H3;1H4;2*1H3/q+1;-1;;. The van der Waals surface area contributed by atoms with E-state index in [1.807, 2.05) is 0 Å². The van der Waals surface area contributed by atoms with E-state index in [-0.39, 0.29) is 23.0 Å². The van der Waals surface area contributed by atoms with Crippen LogP contribution in [0.1, 0.15) is 12.8 Å². The maximum Gasteiger partial charge on any atom is 0.0814 e. The van der Waals surface area contributed by atoms with Gasteiger partial charge in [-0.1, -0.05) is 8.41 Å². The van der Waals surface area contributed by atoms with Crippen LogP contribution in [-0.2, 0) is 0 Å². The third-order valence-corrected chi connectivity index (χ3v) is 1.78. The molecule has 0 aromatic rings. The van der Waals surface area contributed by atoms with Crippen LogP contribution in [0.25, 0.3) is 0 Å². The molecular formula is C6H24B2N2. The second-order valence-electron chi connectivity index (χ2n) is 3.09. The number of likely N-dealkylation sites (tertiary alicyclic amines) is 1. The van der Waals surface area contributed by atoms with Gasteiger partial charge in [0.2, 0.25) is 0 Å². The Hall–Kier alpha value is 0.0499. The molecule has 1 rings (SSSR count). The summed E-state index contributed by atoms with van der Waals surface area (Å²) in [6, 6.07) is 0. The molecule has 1 saturated heterocycles. The van der Waals surface area contributed by atoms with Gasteiger partial charge in [0.15, 0.2) is 0 Å². The Morgan fingerprint density at radius 1 is 1.00 bits per heavy atom. The second-order valence-corrected chi connectivity index (χ2v) is 3.09. The van der Waals surface area contributed by atoms with E-state index >= 15 is 0 Å². The SMILES string of the molecule is B.C[N+]1(C)CCCC1.N.[BH4-]. The molecule has 0 amide bonds. The number of nitrogens with zero attached hydrogens (tertiary/aromatic N) is 1. The molecule has 1 aliphatic rings. The fraction of sp³-hybridized carbons (Fsp3) is 1.00. The Kier molecular flexibility index (Phi) is 9.62. The van der Waals surface area contributed by atoms with Crippen molar-refractivity contribution in [1.82, 2.24) is 6.15 Å². The first-order valence-electron chi connectivity index (χ1n) is 3.03. The molecule has 0 atom stereocenters. The summed E-state index contributed by atoms with van der Waals surface area (Å²) in [5.41, 5.74) is 0. The van der Waals surface area contributed by atoms with E-state index < -0.39 is 0 Å². The van der Waals surface area contributed by atoms with Gasteiger partial charge in [-0.15, -0.1) is 0 Å². The Morgan fingerprint density at radius 2 is 1.30 bits per heavy atom. The summed E-state index contributed by atoms with van der Waals surface area (Å²) in [5.74, 6) is 0. The largest absolute Gasteiger partial charge is 0.344 e. The van der Waals surface area contributed by atoms with Gasteiger partial charge < -0.3 is 10.6 Å². The maximum atomic E-state index is 2.30. The zero-order chi connectivity index (χ0) is 5.33. The van der Waals surface area contributed by atoms with Gasteiger partial charge in [0, 0.05) is 12.8 Å². The molecule has 0 aliphatic carbocycles. The van der Waals surface area contributed by atoms with E-state index in [9.17, 15) is 0 Å². The third kappa shape index (κ3) is 4.89. The smallest absolute Gasteiger partial charge is 0.0814 e. The highest BCUT2D eigenvalue weighted by molar-refractivity contribution is 5.76. The minimum atomic E-state index is 0. The van der Waals surface area contributed by atoms with Crippen LogP contribution in [0.4, 0.5) is 0 Å². The Labute approximate surface area is 68.3 Å². The minimum absolute atomic E-state index is 0. The molecule has 3 N–H and O–H groups in total. The van der Waals surface area contributed by atoms with Crippen LogP contribution in [-0.4, -0.2) is 48.5 Å². The van der Waals surface area contributed by atoms with Crippen LogP contribution in [0, 0.1) is 0 Å². The molecule has 0 bridgehead atoms. The number of hydrogen-bond donors (Lipinski definition) is 1. The van der Waals surface area contributed by atoms with Gasteiger partial charge in [-0.05, 0) is 0 Å². The lowest BCUT2D eigenvalue weighted by molar-refractivity contribution is -0.877. The molecule has 1 aliphatic heterocycles. The summed E-state index contributed by atoms with van der Waals surface area (Å²) in [6.45, 7) is 2.78. The summed E-state index contributed by atoms with van der Waals surface area (Å²) in [7, 11) is 4.60. The van der Waals surface area contributed by atoms with Crippen molar-refractivity contribution in [1.29, 1.82) is 0 Å². The highest BCUT2D eigenvalue weighted by Gasteiger charge is 2.19. The molecule has 4 heteroatoms. The fourth-order valence-corrected chi connectivity index (χ4v) is 1.19. The van der Waals surface area contributed by atoms with Gasteiger partial charge in [0.05, 0.1) is 35.6 Å². The second kappa shape index (κ2) is 5.81. The van der Waals surface area contributed by atoms with Crippen LogP contribution in [0.3, 0.4) is 0 Å². The summed E-state index contributed by atoms with van der Waals surface area (Å²) in [6.07, 6.45) is 2.88. The molecule has 0 spiro atoms. The van der Waals surface area contributed by atoms with Gasteiger partial charge in [-0.2, -0.15) is 0 Å². The van der Waals surface area contributed by atoms with E-state index in [1.165, 1.54) is 30.4 Å².